The minimum Gasteiger partial charge on any atom is -0.326 e. The maximum absolute atomic E-state index is 13.3. The molecule has 0 bridgehead atoms. The van der Waals surface area contributed by atoms with Gasteiger partial charge in [0, 0.05) is 11.0 Å². The van der Waals surface area contributed by atoms with Crippen LogP contribution >= 0.6 is 15.9 Å². The predicted molar refractivity (Wildman–Crippen MR) is 84.0 cm³/mol. The molecule has 3 N–H and O–H groups in total. The lowest BCUT2D eigenvalue weighted by atomic mass is 10.2. The number of anilines is 1. The monoisotopic (exact) mass is 372 g/mol. The lowest BCUT2D eigenvalue weighted by Gasteiger charge is -2.12. The SMILES string of the molecule is Cc1cc(Br)cc(NS(=O)(=O)c2cc(F)ccc2CN)c1. The van der Waals surface area contributed by atoms with Crippen molar-refractivity contribution in [2.45, 2.75) is 18.4 Å². The Balaban J connectivity index is 2.45. The zero-order valence-electron chi connectivity index (χ0n) is 11.2. The van der Waals surface area contributed by atoms with E-state index in [1.54, 1.807) is 12.1 Å². The Bertz CT molecular complexity index is 758. The molecular formula is C14H14BrFN2O2S. The van der Waals surface area contributed by atoms with Crippen LogP contribution in [0, 0.1) is 12.7 Å². The molecule has 0 spiro atoms. The molecule has 7 heteroatoms. The molecule has 112 valence electrons. The number of aryl methyl sites for hydroxylation is 1. The van der Waals surface area contributed by atoms with Crippen LogP contribution in [-0.4, -0.2) is 8.42 Å². The summed E-state index contributed by atoms with van der Waals surface area (Å²) in [6.07, 6.45) is 0. The van der Waals surface area contributed by atoms with E-state index >= 15 is 0 Å². The number of nitrogens with two attached hydrogens (primary N) is 1. The predicted octanol–water partition coefficient (Wildman–Crippen LogP) is 3.16. The van der Waals surface area contributed by atoms with Gasteiger partial charge in [-0.2, -0.15) is 0 Å². The first-order valence-corrected chi connectivity index (χ1v) is 8.38. The van der Waals surface area contributed by atoms with E-state index in [-0.39, 0.29) is 11.4 Å². The Morgan fingerprint density at radius 3 is 2.57 bits per heavy atom. The molecule has 0 aliphatic rings. The third-order valence-electron chi connectivity index (χ3n) is 2.83. The molecule has 4 nitrogen and oxygen atoms in total. The average Bonchev–Trinajstić information content (AvgIpc) is 2.36. The van der Waals surface area contributed by atoms with Crippen LogP contribution in [0.4, 0.5) is 10.1 Å². The Morgan fingerprint density at radius 1 is 1.24 bits per heavy atom. The van der Waals surface area contributed by atoms with Gasteiger partial charge >= 0.3 is 0 Å². The first-order valence-electron chi connectivity index (χ1n) is 6.10. The summed E-state index contributed by atoms with van der Waals surface area (Å²) in [5.74, 6) is -0.627. The van der Waals surface area contributed by atoms with Crippen molar-refractivity contribution in [2.75, 3.05) is 4.72 Å². The fourth-order valence-corrected chi connectivity index (χ4v) is 3.86. The summed E-state index contributed by atoms with van der Waals surface area (Å²) >= 11 is 3.30. The van der Waals surface area contributed by atoms with Crippen molar-refractivity contribution in [3.63, 3.8) is 0 Å². The Kier molecular flexibility index (Phi) is 4.65. The van der Waals surface area contributed by atoms with Gasteiger partial charge in [0.15, 0.2) is 0 Å². The van der Waals surface area contributed by atoms with Gasteiger partial charge in [-0.25, -0.2) is 12.8 Å². The minimum absolute atomic E-state index is 0.00797. The molecule has 0 heterocycles. The van der Waals surface area contributed by atoms with Crippen molar-refractivity contribution in [3.05, 3.63) is 57.8 Å². The lowest BCUT2D eigenvalue weighted by Crippen LogP contribution is -2.16. The summed E-state index contributed by atoms with van der Waals surface area (Å²) in [6, 6.07) is 8.69. The zero-order valence-corrected chi connectivity index (χ0v) is 13.6. The van der Waals surface area contributed by atoms with E-state index in [0.717, 1.165) is 16.1 Å². The van der Waals surface area contributed by atoms with Gasteiger partial charge in [-0.1, -0.05) is 22.0 Å². The third kappa shape index (κ3) is 3.81. The standard InChI is InChI=1S/C14H14BrFN2O2S/c1-9-4-11(15)6-13(5-9)18-21(19,20)14-7-12(16)3-2-10(14)8-17/h2-7,18H,8,17H2,1H3. The molecule has 0 fully saturated rings. The van der Waals surface area contributed by atoms with Crippen LogP contribution in [0.15, 0.2) is 45.8 Å². The molecule has 0 amide bonds. The van der Waals surface area contributed by atoms with Gasteiger partial charge in [0.25, 0.3) is 10.0 Å². The number of hydrogen-bond acceptors (Lipinski definition) is 3. The lowest BCUT2D eigenvalue weighted by molar-refractivity contribution is 0.593. The van der Waals surface area contributed by atoms with Gasteiger partial charge in [-0.05, 0) is 48.4 Å². The van der Waals surface area contributed by atoms with Crippen molar-refractivity contribution in [2.24, 2.45) is 5.73 Å². The maximum Gasteiger partial charge on any atom is 0.262 e. The van der Waals surface area contributed by atoms with Gasteiger partial charge < -0.3 is 5.73 Å². The van der Waals surface area contributed by atoms with Crippen LogP contribution in [0.3, 0.4) is 0 Å². The zero-order chi connectivity index (χ0) is 15.6. The molecule has 0 aliphatic heterocycles. The molecule has 0 unspecified atom stereocenters. The van der Waals surface area contributed by atoms with Crippen molar-refractivity contribution in [1.82, 2.24) is 0 Å². The molecule has 2 aromatic rings. The molecule has 0 saturated carbocycles. The van der Waals surface area contributed by atoms with Crippen LogP contribution < -0.4 is 10.5 Å². The topological polar surface area (TPSA) is 72.2 Å². The summed E-state index contributed by atoms with van der Waals surface area (Å²) in [7, 11) is -3.90. The van der Waals surface area contributed by atoms with E-state index in [0.29, 0.717) is 11.3 Å². The number of hydrogen-bond donors (Lipinski definition) is 2. The summed E-state index contributed by atoms with van der Waals surface area (Å²) in [5, 5.41) is 0. The molecule has 0 atom stereocenters. The molecular weight excluding hydrogens is 359 g/mol. The van der Waals surface area contributed by atoms with E-state index < -0.39 is 15.8 Å². The molecule has 2 aromatic carbocycles. The van der Waals surface area contributed by atoms with E-state index in [1.807, 2.05) is 13.0 Å². The Morgan fingerprint density at radius 2 is 1.95 bits per heavy atom. The van der Waals surface area contributed by atoms with E-state index in [9.17, 15) is 12.8 Å². The van der Waals surface area contributed by atoms with Crippen LogP contribution in [-0.2, 0) is 16.6 Å². The van der Waals surface area contributed by atoms with Gasteiger partial charge in [-0.15, -0.1) is 0 Å². The van der Waals surface area contributed by atoms with Crippen LogP contribution in [0.1, 0.15) is 11.1 Å². The number of halogens is 2. The average molecular weight is 373 g/mol. The first-order chi connectivity index (χ1) is 9.81. The Hall–Kier alpha value is -1.44. The highest BCUT2D eigenvalue weighted by Gasteiger charge is 2.19. The highest BCUT2D eigenvalue weighted by atomic mass is 79.9. The van der Waals surface area contributed by atoms with Crippen molar-refractivity contribution in [1.29, 1.82) is 0 Å². The van der Waals surface area contributed by atoms with Crippen molar-refractivity contribution >= 4 is 31.6 Å². The van der Waals surface area contributed by atoms with Crippen molar-refractivity contribution in [3.8, 4) is 0 Å². The quantitative estimate of drug-likeness (QED) is 0.865. The molecule has 2 rings (SSSR count). The largest absolute Gasteiger partial charge is 0.326 e. The van der Waals surface area contributed by atoms with Crippen molar-refractivity contribution < 1.29 is 12.8 Å². The molecule has 0 aromatic heterocycles. The number of nitrogens with one attached hydrogen (secondary N) is 1. The fourth-order valence-electron chi connectivity index (χ4n) is 1.95. The van der Waals surface area contributed by atoms with Gasteiger partial charge in [0.05, 0.1) is 10.6 Å². The highest BCUT2D eigenvalue weighted by Crippen LogP contribution is 2.24. The molecule has 0 radical (unpaired) electrons. The van der Waals surface area contributed by atoms with E-state index in [4.69, 9.17) is 5.73 Å². The van der Waals surface area contributed by atoms with E-state index in [2.05, 4.69) is 20.7 Å². The molecule has 0 saturated heterocycles. The summed E-state index contributed by atoms with van der Waals surface area (Å²) in [4.78, 5) is -0.150. The highest BCUT2D eigenvalue weighted by molar-refractivity contribution is 9.10. The second kappa shape index (κ2) is 6.13. The normalized spacial score (nSPS) is 11.4. The third-order valence-corrected chi connectivity index (χ3v) is 4.75. The van der Waals surface area contributed by atoms with Crippen LogP contribution in [0.25, 0.3) is 0 Å². The first kappa shape index (κ1) is 15.9. The molecule has 0 aliphatic carbocycles. The number of benzene rings is 2. The minimum atomic E-state index is -3.90. The number of sulfonamides is 1. The summed E-state index contributed by atoms with van der Waals surface area (Å²) < 4.78 is 41.3. The van der Waals surface area contributed by atoms with Crippen LogP contribution in [0.2, 0.25) is 0 Å². The Labute approximate surface area is 131 Å². The van der Waals surface area contributed by atoms with Gasteiger partial charge in [0.1, 0.15) is 5.82 Å². The second-order valence-corrected chi connectivity index (χ2v) is 7.15. The molecule has 21 heavy (non-hydrogen) atoms. The smallest absolute Gasteiger partial charge is 0.262 e. The summed E-state index contributed by atoms with van der Waals surface area (Å²) in [6.45, 7) is 1.85. The van der Waals surface area contributed by atoms with Gasteiger partial charge in [-0.3, -0.25) is 4.72 Å². The maximum atomic E-state index is 13.3. The summed E-state index contributed by atoms with van der Waals surface area (Å²) in [5.41, 5.74) is 7.16. The fraction of sp³-hybridized carbons (Fsp3) is 0.143. The van der Waals surface area contributed by atoms with Crippen LogP contribution in [0.5, 0.6) is 0 Å². The number of rotatable bonds is 4. The second-order valence-electron chi connectivity index (χ2n) is 4.58. The van der Waals surface area contributed by atoms with Gasteiger partial charge in [0.2, 0.25) is 0 Å². The van der Waals surface area contributed by atoms with E-state index in [1.165, 1.54) is 12.1 Å².